The SMILES string of the molecule is CC(=O)c1ccc(OC[C@H](O)CN2CCC(c3nc4ccccc4s3)CC2)cc1. The first-order chi connectivity index (χ1) is 14.1. The molecule has 2 heterocycles. The van der Waals surface area contributed by atoms with E-state index in [1.807, 2.05) is 17.4 Å². The van der Waals surface area contributed by atoms with Gasteiger partial charge in [0.05, 0.1) is 15.2 Å². The highest BCUT2D eigenvalue weighted by Gasteiger charge is 2.24. The number of fused-ring (bicyclic) bond motifs is 1. The molecular weight excluding hydrogens is 384 g/mol. The fourth-order valence-corrected chi connectivity index (χ4v) is 4.89. The molecule has 4 rings (SSSR count). The first-order valence-electron chi connectivity index (χ1n) is 10.1. The van der Waals surface area contributed by atoms with Crippen LogP contribution in [0, 0.1) is 0 Å². The van der Waals surface area contributed by atoms with Crippen LogP contribution in [0.15, 0.2) is 48.5 Å². The minimum absolute atomic E-state index is 0.0332. The molecule has 29 heavy (non-hydrogen) atoms. The third-order valence-corrected chi connectivity index (χ3v) is 6.62. The standard InChI is InChI=1S/C23H26N2O3S/c1-16(26)17-6-8-20(9-7-17)28-15-19(27)14-25-12-10-18(11-13-25)23-24-21-4-2-3-5-22(21)29-23/h2-9,18-19,27H,10-15H2,1H3/t19-/m1/s1. The highest BCUT2D eigenvalue weighted by atomic mass is 32.1. The van der Waals surface area contributed by atoms with Gasteiger partial charge >= 0.3 is 0 Å². The van der Waals surface area contributed by atoms with Gasteiger partial charge in [-0.15, -0.1) is 11.3 Å². The zero-order chi connectivity index (χ0) is 20.2. The second-order valence-electron chi connectivity index (χ2n) is 7.64. The van der Waals surface area contributed by atoms with Crippen molar-refractivity contribution in [3.05, 3.63) is 59.1 Å². The number of hydrogen-bond donors (Lipinski definition) is 1. The van der Waals surface area contributed by atoms with Gasteiger partial charge in [-0.3, -0.25) is 4.79 Å². The van der Waals surface area contributed by atoms with Crippen LogP contribution in [0.1, 0.15) is 41.0 Å². The highest BCUT2D eigenvalue weighted by Crippen LogP contribution is 2.33. The van der Waals surface area contributed by atoms with Crippen molar-refractivity contribution in [3.63, 3.8) is 0 Å². The van der Waals surface area contributed by atoms with Crippen molar-refractivity contribution in [3.8, 4) is 5.75 Å². The number of thiazole rings is 1. The molecule has 0 unspecified atom stereocenters. The number of aliphatic hydroxyl groups is 1. The first-order valence-corrected chi connectivity index (χ1v) is 10.9. The normalized spacial score (nSPS) is 16.8. The van der Waals surface area contributed by atoms with E-state index in [1.54, 1.807) is 31.2 Å². The largest absolute Gasteiger partial charge is 0.491 e. The average Bonchev–Trinajstić information content (AvgIpc) is 3.17. The smallest absolute Gasteiger partial charge is 0.159 e. The van der Waals surface area contributed by atoms with Gasteiger partial charge in [-0.2, -0.15) is 0 Å². The van der Waals surface area contributed by atoms with Crippen LogP contribution < -0.4 is 4.74 Å². The van der Waals surface area contributed by atoms with E-state index in [9.17, 15) is 9.90 Å². The van der Waals surface area contributed by atoms with Crippen molar-refractivity contribution >= 4 is 27.3 Å². The summed E-state index contributed by atoms with van der Waals surface area (Å²) >= 11 is 1.81. The van der Waals surface area contributed by atoms with Crippen LogP contribution in [-0.4, -0.2) is 53.1 Å². The molecule has 1 saturated heterocycles. The van der Waals surface area contributed by atoms with E-state index in [1.165, 1.54) is 9.71 Å². The zero-order valence-corrected chi connectivity index (χ0v) is 17.4. The van der Waals surface area contributed by atoms with E-state index in [0.717, 1.165) is 31.4 Å². The van der Waals surface area contributed by atoms with E-state index in [4.69, 9.17) is 9.72 Å². The lowest BCUT2D eigenvalue weighted by Gasteiger charge is -2.32. The quantitative estimate of drug-likeness (QED) is 0.594. The number of rotatable bonds is 7. The van der Waals surface area contributed by atoms with Gasteiger partial charge in [0.25, 0.3) is 0 Å². The van der Waals surface area contributed by atoms with Crippen LogP contribution in [0.3, 0.4) is 0 Å². The van der Waals surface area contributed by atoms with Gasteiger partial charge in [-0.05, 0) is 69.3 Å². The molecule has 6 heteroatoms. The number of para-hydroxylation sites is 1. The molecule has 1 aromatic heterocycles. The number of ketones is 1. The van der Waals surface area contributed by atoms with Gasteiger partial charge < -0.3 is 14.7 Å². The fourth-order valence-electron chi connectivity index (χ4n) is 3.76. The third kappa shape index (κ3) is 5.01. The lowest BCUT2D eigenvalue weighted by molar-refractivity contribution is 0.0594. The Morgan fingerprint density at radius 2 is 1.93 bits per heavy atom. The van der Waals surface area contributed by atoms with E-state index in [2.05, 4.69) is 23.1 Å². The molecule has 1 atom stereocenters. The molecule has 5 nitrogen and oxygen atoms in total. The summed E-state index contributed by atoms with van der Waals surface area (Å²) in [5, 5.41) is 11.6. The zero-order valence-electron chi connectivity index (χ0n) is 16.6. The molecule has 152 valence electrons. The molecule has 0 bridgehead atoms. The van der Waals surface area contributed by atoms with Crippen LogP contribution in [0.4, 0.5) is 0 Å². The van der Waals surface area contributed by atoms with Crippen molar-refractivity contribution in [2.24, 2.45) is 0 Å². The number of hydrogen-bond acceptors (Lipinski definition) is 6. The number of carbonyl (C=O) groups is 1. The van der Waals surface area contributed by atoms with Gasteiger partial charge in [-0.25, -0.2) is 4.98 Å². The molecule has 1 fully saturated rings. The molecule has 0 saturated carbocycles. The average molecular weight is 411 g/mol. The Labute approximate surface area is 175 Å². The summed E-state index contributed by atoms with van der Waals surface area (Å²) in [6, 6.07) is 15.3. The van der Waals surface area contributed by atoms with Crippen molar-refractivity contribution in [1.29, 1.82) is 0 Å². The Morgan fingerprint density at radius 1 is 1.21 bits per heavy atom. The van der Waals surface area contributed by atoms with Crippen molar-refractivity contribution in [2.45, 2.75) is 31.8 Å². The number of carbonyl (C=O) groups excluding carboxylic acids is 1. The lowest BCUT2D eigenvalue weighted by atomic mass is 9.97. The predicted molar refractivity (Wildman–Crippen MR) is 116 cm³/mol. The van der Waals surface area contributed by atoms with Crippen LogP contribution in [0.25, 0.3) is 10.2 Å². The minimum Gasteiger partial charge on any atom is -0.491 e. The number of aliphatic hydroxyl groups excluding tert-OH is 1. The van der Waals surface area contributed by atoms with Crippen LogP contribution in [0.2, 0.25) is 0 Å². The highest BCUT2D eigenvalue weighted by molar-refractivity contribution is 7.18. The topological polar surface area (TPSA) is 62.7 Å². The van der Waals surface area contributed by atoms with E-state index < -0.39 is 6.10 Å². The van der Waals surface area contributed by atoms with E-state index in [-0.39, 0.29) is 12.4 Å². The Kier molecular flexibility index (Phi) is 6.23. The monoisotopic (exact) mass is 410 g/mol. The predicted octanol–water partition coefficient (Wildman–Crippen LogP) is 4.12. The number of Topliss-reactive ketones (excluding diaryl/α,β-unsaturated/α-hetero) is 1. The molecule has 1 aliphatic rings. The molecule has 2 aromatic carbocycles. The Balaban J connectivity index is 1.23. The number of β-amino-alcohol motifs (C(OH)–C–C–N with tert-alkyl or cyclic N) is 1. The molecule has 0 spiro atoms. The van der Waals surface area contributed by atoms with Crippen LogP contribution >= 0.6 is 11.3 Å². The summed E-state index contributed by atoms with van der Waals surface area (Å²) in [4.78, 5) is 18.4. The van der Waals surface area contributed by atoms with Gasteiger partial charge in [0.2, 0.25) is 0 Å². The molecule has 3 aromatic rings. The summed E-state index contributed by atoms with van der Waals surface area (Å²) < 4.78 is 6.93. The molecular formula is C23H26N2O3S. The summed E-state index contributed by atoms with van der Waals surface area (Å²) in [6.07, 6.45) is 1.60. The van der Waals surface area contributed by atoms with Gasteiger partial charge in [-0.1, -0.05) is 12.1 Å². The Bertz CT molecular complexity index is 929. The van der Waals surface area contributed by atoms with E-state index in [0.29, 0.717) is 23.8 Å². The molecule has 0 radical (unpaired) electrons. The fraction of sp³-hybridized carbons (Fsp3) is 0.391. The van der Waals surface area contributed by atoms with Crippen molar-refractivity contribution in [2.75, 3.05) is 26.2 Å². The summed E-state index contributed by atoms with van der Waals surface area (Å²) in [5.74, 6) is 1.21. The van der Waals surface area contributed by atoms with Gasteiger partial charge in [0, 0.05) is 18.0 Å². The van der Waals surface area contributed by atoms with Crippen molar-refractivity contribution < 1.29 is 14.6 Å². The lowest BCUT2D eigenvalue weighted by Crippen LogP contribution is -2.40. The summed E-state index contributed by atoms with van der Waals surface area (Å²) in [6.45, 7) is 4.32. The maximum Gasteiger partial charge on any atom is 0.159 e. The summed E-state index contributed by atoms with van der Waals surface area (Å²) in [5.41, 5.74) is 1.76. The number of piperidine rings is 1. The Morgan fingerprint density at radius 3 is 2.62 bits per heavy atom. The summed E-state index contributed by atoms with van der Waals surface area (Å²) in [7, 11) is 0. The van der Waals surface area contributed by atoms with Gasteiger partial charge in [0.1, 0.15) is 18.5 Å². The van der Waals surface area contributed by atoms with Gasteiger partial charge in [0.15, 0.2) is 5.78 Å². The second kappa shape index (κ2) is 9.03. The second-order valence-corrected chi connectivity index (χ2v) is 8.70. The number of ether oxygens (including phenoxy) is 1. The minimum atomic E-state index is -0.540. The number of benzene rings is 2. The molecule has 1 aliphatic heterocycles. The third-order valence-electron chi connectivity index (χ3n) is 5.42. The number of likely N-dealkylation sites (tertiary alicyclic amines) is 1. The molecule has 0 aliphatic carbocycles. The molecule has 0 amide bonds. The van der Waals surface area contributed by atoms with Crippen molar-refractivity contribution in [1.82, 2.24) is 9.88 Å². The maximum absolute atomic E-state index is 11.3. The number of aromatic nitrogens is 1. The number of nitrogens with zero attached hydrogens (tertiary/aromatic N) is 2. The molecule has 1 N–H and O–H groups in total. The van der Waals surface area contributed by atoms with Crippen LogP contribution in [0.5, 0.6) is 5.75 Å². The van der Waals surface area contributed by atoms with Crippen LogP contribution in [-0.2, 0) is 0 Å². The maximum atomic E-state index is 11.3. The first kappa shape index (κ1) is 20.0. The Hall–Kier alpha value is -2.28. The van der Waals surface area contributed by atoms with E-state index >= 15 is 0 Å².